The summed E-state index contributed by atoms with van der Waals surface area (Å²) in [6.45, 7) is 6.82. The zero-order valence-corrected chi connectivity index (χ0v) is 24.1. The Hall–Kier alpha value is -4.66. The van der Waals surface area contributed by atoms with Crippen molar-refractivity contribution in [3.05, 3.63) is 102 Å². The van der Waals surface area contributed by atoms with Crippen molar-refractivity contribution in [1.82, 2.24) is 24.9 Å². The van der Waals surface area contributed by atoms with E-state index in [4.69, 9.17) is 4.74 Å². The van der Waals surface area contributed by atoms with Gasteiger partial charge in [0.25, 0.3) is 0 Å². The van der Waals surface area contributed by atoms with E-state index in [1.54, 1.807) is 12.4 Å². The highest BCUT2D eigenvalue weighted by molar-refractivity contribution is 5.93. The minimum absolute atomic E-state index is 0.0525. The summed E-state index contributed by atoms with van der Waals surface area (Å²) in [5.41, 5.74) is 4.45. The number of aromatic nitrogens is 2. The molecular formula is C32H38N6O3. The quantitative estimate of drug-likeness (QED) is 0.189. The highest BCUT2D eigenvalue weighted by Gasteiger charge is 2.31. The molecule has 0 bridgehead atoms. The number of rotatable bonds is 12. The summed E-state index contributed by atoms with van der Waals surface area (Å²) >= 11 is 0. The van der Waals surface area contributed by atoms with Crippen LogP contribution in [0.5, 0.6) is 0 Å². The number of fused-ring (bicyclic) bond motifs is 1. The lowest BCUT2D eigenvalue weighted by molar-refractivity contribution is -0.124. The molecular weight excluding hydrogens is 516 g/mol. The van der Waals surface area contributed by atoms with Crippen molar-refractivity contribution in [3.8, 4) is 0 Å². The fourth-order valence-electron chi connectivity index (χ4n) is 4.62. The normalized spacial score (nSPS) is 17.5. The first-order valence-electron chi connectivity index (χ1n) is 13.9. The smallest absolute Gasteiger partial charge is 0.243 e. The Morgan fingerprint density at radius 1 is 1.24 bits per heavy atom. The molecule has 4 rings (SSSR count). The largest absolute Gasteiger partial charge is 0.460 e. The van der Waals surface area contributed by atoms with Crippen LogP contribution in [0.25, 0.3) is 11.3 Å². The van der Waals surface area contributed by atoms with E-state index in [9.17, 15) is 9.59 Å². The first kappa shape index (κ1) is 29.3. The van der Waals surface area contributed by atoms with E-state index in [2.05, 4.69) is 34.5 Å². The molecule has 2 N–H and O–H groups in total. The summed E-state index contributed by atoms with van der Waals surface area (Å²) in [6, 6.07) is 11.7. The van der Waals surface area contributed by atoms with Crippen LogP contribution in [0, 0.1) is 0 Å². The molecule has 0 saturated carbocycles. The van der Waals surface area contributed by atoms with Crippen molar-refractivity contribution in [2.24, 2.45) is 4.99 Å². The van der Waals surface area contributed by atoms with Crippen LogP contribution in [0.4, 0.5) is 0 Å². The summed E-state index contributed by atoms with van der Waals surface area (Å²) in [4.78, 5) is 35.3. The number of likely N-dealkylation sites (N-methyl/N-ethyl adjacent to an activating group) is 1. The van der Waals surface area contributed by atoms with Crippen molar-refractivity contribution in [2.45, 2.75) is 52.6 Å². The molecule has 1 aliphatic heterocycles. The van der Waals surface area contributed by atoms with Crippen LogP contribution in [-0.2, 0) is 20.9 Å². The summed E-state index contributed by atoms with van der Waals surface area (Å²) in [5, 5.41) is 6.15. The SMILES string of the molecule is C/C=C(/CN/C(C=O)=C/N=C1CCC(C(=O)NCc2cc3cnccn3c2)N1C)OC(=C(C)CC)c1ccccc1. The Bertz CT molecular complexity index is 1450. The van der Waals surface area contributed by atoms with Gasteiger partial charge in [0.2, 0.25) is 5.91 Å². The van der Waals surface area contributed by atoms with E-state index in [-0.39, 0.29) is 11.9 Å². The van der Waals surface area contributed by atoms with Crippen LogP contribution in [0.3, 0.4) is 0 Å². The van der Waals surface area contributed by atoms with E-state index in [0.717, 1.165) is 46.5 Å². The minimum atomic E-state index is -0.318. The lowest BCUT2D eigenvalue weighted by Crippen LogP contribution is -2.42. The van der Waals surface area contributed by atoms with Gasteiger partial charge in [-0.1, -0.05) is 37.3 Å². The molecule has 1 saturated heterocycles. The first-order chi connectivity index (χ1) is 19.9. The summed E-state index contributed by atoms with van der Waals surface area (Å²) < 4.78 is 8.26. The number of allylic oxidation sites excluding steroid dienone is 3. The maximum Gasteiger partial charge on any atom is 0.243 e. The second-order valence-electron chi connectivity index (χ2n) is 9.93. The number of carbonyl (C=O) groups excluding carboxylic acids is 2. The van der Waals surface area contributed by atoms with Gasteiger partial charge < -0.3 is 24.7 Å². The number of aldehydes is 1. The van der Waals surface area contributed by atoms with Crippen LogP contribution in [-0.4, -0.2) is 51.9 Å². The zero-order valence-electron chi connectivity index (χ0n) is 24.1. The van der Waals surface area contributed by atoms with Gasteiger partial charge >= 0.3 is 0 Å². The number of likely N-dealkylation sites (tertiary alicyclic amines) is 1. The average Bonchev–Trinajstić information content (AvgIpc) is 3.60. The van der Waals surface area contributed by atoms with Gasteiger partial charge in [-0.05, 0) is 50.0 Å². The molecule has 9 nitrogen and oxygen atoms in total. The lowest BCUT2D eigenvalue weighted by atomic mass is 10.1. The van der Waals surface area contributed by atoms with E-state index >= 15 is 0 Å². The predicted molar refractivity (Wildman–Crippen MR) is 162 cm³/mol. The average molecular weight is 555 g/mol. The van der Waals surface area contributed by atoms with Crippen LogP contribution in [0.1, 0.15) is 51.2 Å². The van der Waals surface area contributed by atoms with E-state index in [1.165, 1.54) is 6.20 Å². The second-order valence-corrected chi connectivity index (χ2v) is 9.93. The van der Waals surface area contributed by atoms with Gasteiger partial charge in [-0.2, -0.15) is 0 Å². The fraction of sp³-hybridized carbons (Fsp3) is 0.312. The molecule has 214 valence electrons. The monoisotopic (exact) mass is 554 g/mol. The number of amides is 1. The van der Waals surface area contributed by atoms with Crippen molar-refractivity contribution in [1.29, 1.82) is 0 Å². The third-order valence-corrected chi connectivity index (χ3v) is 7.20. The maximum absolute atomic E-state index is 12.9. The van der Waals surface area contributed by atoms with Crippen molar-refractivity contribution in [3.63, 3.8) is 0 Å². The molecule has 0 aliphatic carbocycles. The Morgan fingerprint density at radius 3 is 2.76 bits per heavy atom. The van der Waals surface area contributed by atoms with Gasteiger partial charge in [0.05, 0.1) is 30.2 Å². The molecule has 0 radical (unpaired) electrons. The number of nitrogens with zero attached hydrogens (tertiary/aromatic N) is 4. The number of hydrogen-bond acceptors (Lipinski definition) is 6. The van der Waals surface area contributed by atoms with Crippen LogP contribution >= 0.6 is 0 Å². The van der Waals surface area contributed by atoms with Gasteiger partial charge in [0, 0.05) is 44.2 Å². The Balaban J connectivity index is 1.33. The van der Waals surface area contributed by atoms with Gasteiger partial charge in [0.15, 0.2) is 6.29 Å². The first-order valence-corrected chi connectivity index (χ1v) is 13.9. The molecule has 3 heterocycles. The van der Waals surface area contributed by atoms with Gasteiger partial charge in [-0.15, -0.1) is 0 Å². The highest BCUT2D eigenvalue weighted by atomic mass is 16.5. The number of hydrogen-bond donors (Lipinski definition) is 2. The molecule has 1 aromatic carbocycles. The number of amidine groups is 1. The van der Waals surface area contributed by atoms with Gasteiger partial charge in [0.1, 0.15) is 23.4 Å². The maximum atomic E-state index is 12.9. The number of ether oxygens (including phenoxy) is 1. The summed E-state index contributed by atoms with van der Waals surface area (Å²) in [5.74, 6) is 2.21. The molecule has 1 fully saturated rings. The molecule has 41 heavy (non-hydrogen) atoms. The Morgan fingerprint density at radius 2 is 2.05 bits per heavy atom. The molecule has 3 aromatic rings. The van der Waals surface area contributed by atoms with Gasteiger partial charge in [-0.25, -0.2) is 4.99 Å². The zero-order chi connectivity index (χ0) is 29.2. The molecule has 1 amide bonds. The summed E-state index contributed by atoms with van der Waals surface area (Å²) in [7, 11) is 1.86. The minimum Gasteiger partial charge on any atom is -0.460 e. The molecule has 9 heteroatoms. The van der Waals surface area contributed by atoms with Crippen molar-refractivity contribution < 1.29 is 14.3 Å². The number of carbonyl (C=O) groups is 2. The fourth-order valence-corrected chi connectivity index (χ4v) is 4.62. The van der Waals surface area contributed by atoms with Crippen LogP contribution in [0.2, 0.25) is 0 Å². The molecule has 1 unspecified atom stereocenters. The Labute approximate surface area is 241 Å². The molecule has 1 aliphatic rings. The van der Waals surface area contributed by atoms with Gasteiger partial charge in [-0.3, -0.25) is 14.6 Å². The van der Waals surface area contributed by atoms with E-state index < -0.39 is 0 Å². The third kappa shape index (κ3) is 7.51. The van der Waals surface area contributed by atoms with Crippen LogP contribution < -0.4 is 10.6 Å². The topological polar surface area (TPSA) is 100 Å². The Kier molecular flexibility index (Phi) is 10.1. The van der Waals surface area contributed by atoms with Crippen molar-refractivity contribution >= 4 is 29.3 Å². The molecule has 1 atom stereocenters. The number of aliphatic imine (C=N–C) groups is 1. The lowest BCUT2D eigenvalue weighted by Gasteiger charge is -2.21. The third-order valence-electron chi connectivity index (χ3n) is 7.20. The number of benzene rings is 1. The predicted octanol–water partition coefficient (Wildman–Crippen LogP) is 4.83. The van der Waals surface area contributed by atoms with E-state index in [1.807, 2.05) is 78.1 Å². The second kappa shape index (κ2) is 14.1. The molecule has 2 aromatic heterocycles. The van der Waals surface area contributed by atoms with Crippen LogP contribution in [0.15, 0.2) is 95.5 Å². The molecule has 0 spiro atoms. The number of nitrogens with one attached hydrogen (secondary N) is 2. The summed E-state index contributed by atoms with van der Waals surface area (Å²) in [6.07, 6.45) is 13.7. The van der Waals surface area contributed by atoms with E-state index in [0.29, 0.717) is 37.4 Å². The standard InChI is InChI=1S/C32H38N6O3/c1-5-23(3)31(25-10-8-7-9-11-25)41-28(6-2)20-34-26(22-39)18-35-30-13-12-29(37(30)4)32(40)36-17-24-16-27-19-33-14-15-38(27)21-24/h6-11,14-16,18-19,21-22,29,34H,5,12-13,17,20H2,1-4H3,(H,36,40)/b26-18+,28-6-,31-23?,35-30?. The highest BCUT2D eigenvalue weighted by Crippen LogP contribution is 2.25. The van der Waals surface area contributed by atoms with Crippen molar-refractivity contribution in [2.75, 3.05) is 13.6 Å².